The van der Waals surface area contributed by atoms with E-state index in [9.17, 15) is 19.0 Å². The Kier molecular flexibility index (Phi) is 59.9. The molecule has 0 spiro atoms. The van der Waals surface area contributed by atoms with Crippen LogP contribution in [0.5, 0.6) is 0 Å². The number of phosphoric acid groups is 1. The van der Waals surface area contributed by atoms with Crippen molar-refractivity contribution in [1.29, 1.82) is 0 Å². The van der Waals surface area contributed by atoms with E-state index in [1.54, 1.807) is 0 Å². The largest absolute Gasteiger partial charge is 0.756 e. The molecule has 0 saturated heterocycles. The van der Waals surface area contributed by atoms with Gasteiger partial charge in [0, 0.05) is 12.8 Å². The van der Waals surface area contributed by atoms with Gasteiger partial charge in [0.05, 0.1) is 33.8 Å². The van der Waals surface area contributed by atoms with Crippen LogP contribution >= 0.6 is 7.82 Å². The van der Waals surface area contributed by atoms with Gasteiger partial charge in [-0.05, 0) is 128 Å². The Morgan fingerprint density at radius 2 is 0.753 bits per heavy atom. The van der Waals surface area contributed by atoms with Crippen molar-refractivity contribution in [2.24, 2.45) is 0 Å². The molecule has 0 aliphatic heterocycles. The Morgan fingerprint density at radius 1 is 0.424 bits per heavy atom. The molecule has 0 fully saturated rings. The number of amides is 1. The SMILES string of the molecule is CC/C=C\C/C=C\C/C=C\C/C=C\C/C=C\C/C=C\CCCCC(=O)NC(COP(=O)([O-])OCC[N+](C)(C)C)C(/C=C\CCCCCCCCCCC)OC(=O)CCCCCCCCCCCCC/C=C\C/C=C\C/C=C\C/C=C\C/C=C\CC. The van der Waals surface area contributed by atoms with Crippen molar-refractivity contribution in [1.82, 2.24) is 5.32 Å². The van der Waals surface area contributed by atoms with Crippen LogP contribution in [0.15, 0.2) is 146 Å². The average molecular weight is 1200 g/mol. The molecule has 0 aromatic heterocycles. The zero-order valence-corrected chi connectivity index (χ0v) is 56.1. The van der Waals surface area contributed by atoms with E-state index in [-0.39, 0.29) is 31.3 Å². The first-order valence-corrected chi connectivity index (χ1v) is 35.6. The van der Waals surface area contributed by atoms with Crippen LogP contribution in [0.25, 0.3) is 0 Å². The number of nitrogens with one attached hydrogen (secondary N) is 1. The first-order valence-electron chi connectivity index (χ1n) is 34.1. The topological polar surface area (TPSA) is 114 Å². The summed E-state index contributed by atoms with van der Waals surface area (Å²) in [6, 6.07) is -0.924. The molecule has 85 heavy (non-hydrogen) atoms. The number of likely N-dealkylation sites (N-methyl/N-ethyl adjacent to an activating group) is 1. The molecule has 0 saturated carbocycles. The molecule has 0 rings (SSSR count). The lowest BCUT2D eigenvalue weighted by atomic mass is 10.0. The van der Waals surface area contributed by atoms with E-state index in [2.05, 4.69) is 160 Å². The van der Waals surface area contributed by atoms with Crippen molar-refractivity contribution >= 4 is 19.7 Å². The maximum Gasteiger partial charge on any atom is 0.306 e. The fraction of sp³-hybridized carbons (Fsp3) is 0.653. The molecular formula is C75H127N2O7P. The molecule has 10 heteroatoms. The third-order valence-electron chi connectivity index (χ3n) is 14.3. The van der Waals surface area contributed by atoms with E-state index in [4.69, 9.17) is 13.8 Å². The number of carbonyl (C=O) groups excluding carboxylic acids is 2. The molecule has 3 unspecified atom stereocenters. The fourth-order valence-electron chi connectivity index (χ4n) is 9.08. The average Bonchev–Trinajstić information content (AvgIpc) is 3.57. The number of quaternary nitrogens is 1. The van der Waals surface area contributed by atoms with Gasteiger partial charge in [-0.2, -0.15) is 0 Å². The molecular weight excluding hydrogens is 1070 g/mol. The number of hydrogen-bond donors (Lipinski definition) is 1. The van der Waals surface area contributed by atoms with Crippen LogP contribution in [0.2, 0.25) is 0 Å². The number of unbranched alkanes of at least 4 members (excludes halogenated alkanes) is 22. The fourth-order valence-corrected chi connectivity index (χ4v) is 9.80. The van der Waals surface area contributed by atoms with Gasteiger partial charge in [0.2, 0.25) is 5.91 Å². The maximum absolute atomic E-state index is 13.6. The number of rotatable bonds is 60. The second-order valence-corrected chi connectivity index (χ2v) is 25.0. The van der Waals surface area contributed by atoms with E-state index >= 15 is 0 Å². The molecule has 1 N–H and O–H groups in total. The zero-order valence-electron chi connectivity index (χ0n) is 55.3. The summed E-state index contributed by atoms with van der Waals surface area (Å²) < 4.78 is 30.3. The number of ether oxygens (including phenoxy) is 1. The molecule has 0 aliphatic carbocycles. The highest BCUT2D eigenvalue weighted by atomic mass is 31.2. The van der Waals surface area contributed by atoms with Crippen LogP contribution in [0.4, 0.5) is 0 Å². The summed E-state index contributed by atoms with van der Waals surface area (Å²) >= 11 is 0. The molecule has 9 nitrogen and oxygen atoms in total. The van der Waals surface area contributed by atoms with Crippen LogP contribution in [0, 0.1) is 0 Å². The Balaban J connectivity index is 5.14. The Hall–Kier alpha value is -4.11. The van der Waals surface area contributed by atoms with Crippen LogP contribution in [-0.4, -0.2) is 69.4 Å². The van der Waals surface area contributed by atoms with Gasteiger partial charge in [-0.15, -0.1) is 0 Å². The predicted molar refractivity (Wildman–Crippen MR) is 366 cm³/mol. The second-order valence-electron chi connectivity index (χ2n) is 23.6. The van der Waals surface area contributed by atoms with Crippen LogP contribution in [0.1, 0.15) is 265 Å². The first-order chi connectivity index (χ1) is 41.4. The van der Waals surface area contributed by atoms with E-state index in [0.717, 1.165) is 128 Å². The minimum absolute atomic E-state index is 0.0391. The predicted octanol–water partition coefficient (Wildman–Crippen LogP) is 21.1. The van der Waals surface area contributed by atoms with Gasteiger partial charge >= 0.3 is 5.97 Å². The summed E-state index contributed by atoms with van der Waals surface area (Å²) in [7, 11) is 1.13. The molecule has 1 amide bonds. The minimum Gasteiger partial charge on any atom is -0.756 e. The van der Waals surface area contributed by atoms with Crippen molar-refractivity contribution in [3.8, 4) is 0 Å². The van der Waals surface area contributed by atoms with Crippen molar-refractivity contribution in [2.75, 3.05) is 40.9 Å². The lowest BCUT2D eigenvalue weighted by Gasteiger charge is -2.30. The number of esters is 1. The molecule has 0 bridgehead atoms. The van der Waals surface area contributed by atoms with Gasteiger partial charge < -0.3 is 28.5 Å². The van der Waals surface area contributed by atoms with Gasteiger partial charge in [0.1, 0.15) is 19.3 Å². The summed E-state index contributed by atoms with van der Waals surface area (Å²) in [6.45, 7) is 6.56. The summed E-state index contributed by atoms with van der Waals surface area (Å²) in [4.78, 5) is 40.1. The highest BCUT2D eigenvalue weighted by molar-refractivity contribution is 7.45. The van der Waals surface area contributed by atoms with E-state index in [1.165, 1.54) is 89.9 Å². The summed E-state index contributed by atoms with van der Waals surface area (Å²) in [5.74, 6) is -0.604. The third kappa shape index (κ3) is 64.2. The van der Waals surface area contributed by atoms with Gasteiger partial charge in [-0.1, -0.05) is 270 Å². The molecule has 0 aliphatic rings. The number of hydrogen-bond acceptors (Lipinski definition) is 7. The monoisotopic (exact) mass is 1200 g/mol. The van der Waals surface area contributed by atoms with E-state index < -0.39 is 26.6 Å². The van der Waals surface area contributed by atoms with Gasteiger partial charge in [-0.25, -0.2) is 0 Å². The highest BCUT2D eigenvalue weighted by Crippen LogP contribution is 2.38. The summed E-state index contributed by atoms with van der Waals surface area (Å²) in [5.41, 5.74) is 0. The minimum atomic E-state index is -4.73. The van der Waals surface area contributed by atoms with Crippen molar-refractivity contribution in [3.05, 3.63) is 146 Å². The Bertz CT molecular complexity index is 1960. The lowest BCUT2D eigenvalue weighted by molar-refractivity contribution is -0.870. The first kappa shape index (κ1) is 80.9. The van der Waals surface area contributed by atoms with Crippen LogP contribution < -0.4 is 10.2 Å². The van der Waals surface area contributed by atoms with E-state index in [0.29, 0.717) is 23.9 Å². The number of allylic oxidation sites excluding steroid dienone is 23. The van der Waals surface area contributed by atoms with Crippen molar-refractivity contribution in [3.63, 3.8) is 0 Å². The van der Waals surface area contributed by atoms with Gasteiger partial charge in [0.15, 0.2) is 0 Å². The summed E-state index contributed by atoms with van der Waals surface area (Å²) in [6.07, 6.45) is 91.2. The maximum atomic E-state index is 13.6. The molecule has 0 heterocycles. The van der Waals surface area contributed by atoms with Crippen molar-refractivity contribution < 1.29 is 37.3 Å². The normalized spacial score (nSPS) is 14.5. The van der Waals surface area contributed by atoms with Crippen LogP contribution in [0.3, 0.4) is 0 Å². The molecule has 3 atom stereocenters. The lowest BCUT2D eigenvalue weighted by Crippen LogP contribution is -2.47. The second kappa shape index (κ2) is 62.9. The highest BCUT2D eigenvalue weighted by Gasteiger charge is 2.27. The molecule has 0 aromatic carbocycles. The smallest absolute Gasteiger partial charge is 0.306 e. The Labute approximate surface area is 523 Å². The quantitative estimate of drug-likeness (QED) is 0.0212. The molecule has 0 radical (unpaired) electrons. The van der Waals surface area contributed by atoms with Gasteiger partial charge in [0.25, 0.3) is 7.82 Å². The van der Waals surface area contributed by atoms with Crippen LogP contribution in [-0.2, 0) is 27.9 Å². The molecule has 484 valence electrons. The number of phosphoric ester groups is 1. The number of nitrogens with zero attached hydrogens (tertiary/aromatic N) is 1. The molecule has 0 aromatic rings. The zero-order chi connectivity index (χ0) is 62.1. The number of carbonyl (C=O) groups is 2. The third-order valence-corrected chi connectivity index (χ3v) is 15.2. The van der Waals surface area contributed by atoms with E-state index in [1.807, 2.05) is 33.3 Å². The van der Waals surface area contributed by atoms with Crippen molar-refractivity contribution in [2.45, 2.75) is 277 Å². The van der Waals surface area contributed by atoms with Gasteiger partial charge in [-0.3, -0.25) is 14.2 Å². The Morgan fingerprint density at radius 3 is 1.14 bits per heavy atom. The standard InChI is InChI=1S/C75H127N2O7P/c1-7-10-13-16-19-22-25-27-29-31-33-35-36-37-38-39-40-42-44-46-48-50-53-56-59-62-65-68-75(79)84-73(66-63-60-57-54-51-24-21-18-15-12-9-3)72(71-83-85(80,81)82-70-69-77(4,5)6)76-74(78)67-64-61-58-55-52-49-47-45-43-41-34-32-30-28-26-23-20-17-14-11-8-2/h10-11,13-14,19-20,22-23,27-30,33-35,37-38,41,45,47,52,55,63,66,72-73H,7-9,12,15-18,21,24-26,31-32,36,39-40,42-44,46,48-51,53-54,56-62,64-65,67-71H2,1-6H3,(H-,76,78,80,81)/b13-10-,14-11-,22-19-,23-20-,29-27-,30-28-,35-33-,38-37-,41-34-,47-45-,55-52-,66-63-. The summed E-state index contributed by atoms with van der Waals surface area (Å²) in [5, 5.41) is 3.00.